The van der Waals surface area contributed by atoms with Crippen molar-refractivity contribution in [2.75, 3.05) is 20.4 Å². The van der Waals surface area contributed by atoms with Crippen LogP contribution in [-0.2, 0) is 4.79 Å². The lowest BCUT2D eigenvalue weighted by molar-refractivity contribution is -0.385. The summed E-state index contributed by atoms with van der Waals surface area (Å²) in [5.74, 6) is -1.65. The van der Waals surface area contributed by atoms with Crippen LogP contribution in [-0.4, -0.2) is 53.3 Å². The second-order valence-corrected chi connectivity index (χ2v) is 5.26. The number of likely N-dealkylation sites (N-methyl/N-ethyl adjacent to an activating group) is 1. The van der Waals surface area contributed by atoms with Gasteiger partial charge in [-0.3, -0.25) is 14.9 Å². The number of carbonyl (C=O) groups excluding carboxylic acids is 1. The number of methoxy groups -OCH3 is 1. The first-order valence-corrected chi connectivity index (χ1v) is 7.37. The van der Waals surface area contributed by atoms with Gasteiger partial charge in [-0.25, -0.2) is 4.79 Å². The molecular formula is C13H16N2O6S. The van der Waals surface area contributed by atoms with Gasteiger partial charge < -0.3 is 14.7 Å². The number of carboxylic acid groups (broad SMARTS) is 1. The average Bonchev–Trinajstić information content (AvgIpc) is 2.50. The van der Waals surface area contributed by atoms with Gasteiger partial charge in [0.25, 0.3) is 11.6 Å². The molecule has 8 nitrogen and oxygen atoms in total. The molecule has 0 heterocycles. The molecule has 0 saturated heterocycles. The number of aliphatic carboxylic acids is 1. The third kappa shape index (κ3) is 3.48. The largest absolute Gasteiger partial charge is 0.495 e. The zero-order valence-corrected chi connectivity index (χ0v) is 13.3. The number of ether oxygens (including phenoxy) is 1. The molecule has 0 aliphatic heterocycles. The molecule has 0 radical (unpaired) electrons. The fourth-order valence-electron chi connectivity index (χ4n) is 1.72. The molecule has 1 amide bonds. The zero-order chi connectivity index (χ0) is 17.0. The van der Waals surface area contributed by atoms with Crippen molar-refractivity contribution in [3.8, 4) is 5.75 Å². The predicted molar refractivity (Wildman–Crippen MR) is 80.6 cm³/mol. The van der Waals surface area contributed by atoms with E-state index in [2.05, 4.69) is 0 Å². The number of carboxylic acids is 1. The lowest BCUT2D eigenvalue weighted by Gasteiger charge is -2.21. The average molecular weight is 328 g/mol. The molecular weight excluding hydrogens is 312 g/mol. The van der Waals surface area contributed by atoms with Gasteiger partial charge in [0.1, 0.15) is 17.4 Å². The maximum atomic E-state index is 12.4. The van der Waals surface area contributed by atoms with Crippen molar-refractivity contribution in [3.63, 3.8) is 0 Å². The topological polar surface area (TPSA) is 110 Å². The highest BCUT2D eigenvalue weighted by molar-refractivity contribution is 7.98. The summed E-state index contributed by atoms with van der Waals surface area (Å²) < 4.78 is 5.06. The Morgan fingerprint density at radius 1 is 1.45 bits per heavy atom. The van der Waals surface area contributed by atoms with E-state index in [1.165, 1.54) is 45.0 Å². The van der Waals surface area contributed by atoms with Crippen LogP contribution in [0.3, 0.4) is 0 Å². The highest BCUT2D eigenvalue weighted by atomic mass is 32.2. The van der Waals surface area contributed by atoms with Gasteiger partial charge >= 0.3 is 5.97 Å². The molecule has 0 bridgehead atoms. The second-order valence-electron chi connectivity index (χ2n) is 4.41. The van der Waals surface area contributed by atoms with Crippen LogP contribution < -0.4 is 4.74 Å². The van der Waals surface area contributed by atoms with Crippen LogP contribution >= 0.6 is 11.8 Å². The molecule has 0 aliphatic rings. The molecule has 22 heavy (non-hydrogen) atoms. The van der Waals surface area contributed by atoms with Gasteiger partial charge in [-0.2, -0.15) is 0 Å². The monoisotopic (exact) mass is 328 g/mol. The third-order valence-corrected chi connectivity index (χ3v) is 3.95. The lowest BCUT2D eigenvalue weighted by Crippen LogP contribution is -2.40. The number of carbonyl (C=O) groups is 2. The summed E-state index contributed by atoms with van der Waals surface area (Å²) in [6.07, 6.45) is 1.74. The highest BCUT2D eigenvalue weighted by Crippen LogP contribution is 2.35. The van der Waals surface area contributed by atoms with Crippen molar-refractivity contribution >= 4 is 29.3 Å². The Morgan fingerprint density at radius 3 is 2.45 bits per heavy atom. The second kappa shape index (κ2) is 7.12. The zero-order valence-electron chi connectivity index (χ0n) is 12.5. The van der Waals surface area contributed by atoms with Crippen molar-refractivity contribution in [2.45, 2.75) is 17.9 Å². The summed E-state index contributed by atoms with van der Waals surface area (Å²) in [6, 6.07) is 1.40. The van der Waals surface area contributed by atoms with Gasteiger partial charge in [0.2, 0.25) is 0 Å². The Bertz CT molecular complexity index is 619. The van der Waals surface area contributed by atoms with Gasteiger partial charge in [0, 0.05) is 7.05 Å². The molecule has 0 saturated carbocycles. The Kier molecular flexibility index (Phi) is 5.75. The molecule has 1 atom stereocenters. The summed E-state index contributed by atoms with van der Waals surface area (Å²) in [5.41, 5.74) is -0.602. The van der Waals surface area contributed by atoms with E-state index in [0.717, 1.165) is 4.90 Å². The number of benzene rings is 1. The molecule has 1 N–H and O–H groups in total. The van der Waals surface area contributed by atoms with Crippen molar-refractivity contribution in [1.82, 2.24) is 4.90 Å². The summed E-state index contributed by atoms with van der Waals surface area (Å²) in [7, 11) is 2.66. The predicted octanol–water partition coefficient (Wildman–Crippen LogP) is 1.87. The third-order valence-electron chi connectivity index (χ3n) is 3.19. The Balaban J connectivity index is 3.41. The first kappa shape index (κ1) is 17.8. The molecule has 0 aromatic heterocycles. The number of thioether (sulfide) groups is 1. The summed E-state index contributed by atoms with van der Waals surface area (Å²) in [6.45, 7) is 1.32. The smallest absolute Gasteiger partial charge is 0.326 e. The summed E-state index contributed by atoms with van der Waals surface area (Å²) in [4.78, 5) is 35.3. The molecule has 0 spiro atoms. The van der Waals surface area contributed by atoms with E-state index in [1.807, 2.05) is 0 Å². The van der Waals surface area contributed by atoms with Crippen LogP contribution in [0, 0.1) is 10.1 Å². The van der Waals surface area contributed by atoms with Crippen LogP contribution in [0.2, 0.25) is 0 Å². The SMILES string of the molecule is COc1cc([N+](=O)[O-])c(C(=O)N(C)C(C)C(=O)O)cc1SC. The van der Waals surface area contributed by atoms with Crippen LogP contribution in [0.5, 0.6) is 5.75 Å². The van der Waals surface area contributed by atoms with Crippen molar-refractivity contribution in [3.05, 3.63) is 27.8 Å². The molecule has 0 aliphatic carbocycles. The molecule has 0 fully saturated rings. The van der Waals surface area contributed by atoms with Crippen molar-refractivity contribution in [1.29, 1.82) is 0 Å². The number of nitro benzene ring substituents is 1. The van der Waals surface area contributed by atoms with Crippen LogP contribution in [0.4, 0.5) is 5.69 Å². The molecule has 1 rings (SSSR count). The van der Waals surface area contributed by atoms with Crippen molar-refractivity contribution in [2.24, 2.45) is 0 Å². The fourth-order valence-corrected chi connectivity index (χ4v) is 2.30. The summed E-state index contributed by atoms with van der Waals surface area (Å²) >= 11 is 1.26. The van der Waals surface area contributed by atoms with Crippen LogP contribution in [0.15, 0.2) is 17.0 Å². The van der Waals surface area contributed by atoms with Gasteiger partial charge in [-0.15, -0.1) is 11.8 Å². The quantitative estimate of drug-likeness (QED) is 0.482. The Morgan fingerprint density at radius 2 is 2.05 bits per heavy atom. The first-order chi connectivity index (χ1) is 10.2. The molecule has 1 unspecified atom stereocenters. The fraction of sp³-hybridized carbons (Fsp3) is 0.385. The van der Waals surface area contributed by atoms with Crippen LogP contribution in [0.25, 0.3) is 0 Å². The first-order valence-electron chi connectivity index (χ1n) is 6.15. The number of amides is 1. The van der Waals surface area contributed by atoms with E-state index >= 15 is 0 Å². The molecule has 1 aromatic rings. The van der Waals surface area contributed by atoms with Crippen LogP contribution in [0.1, 0.15) is 17.3 Å². The molecule has 9 heteroatoms. The Labute approximate surface area is 131 Å². The van der Waals surface area contributed by atoms with Gasteiger partial charge in [-0.1, -0.05) is 0 Å². The Hall–Kier alpha value is -2.29. The van der Waals surface area contributed by atoms with Crippen molar-refractivity contribution < 1.29 is 24.4 Å². The molecule has 1 aromatic carbocycles. The normalized spacial score (nSPS) is 11.6. The van der Waals surface area contributed by atoms with Gasteiger partial charge in [0.15, 0.2) is 0 Å². The maximum Gasteiger partial charge on any atom is 0.326 e. The standard InChI is InChI=1S/C13H16N2O6S/c1-7(13(17)18)14(2)12(16)8-5-11(22-4)10(21-3)6-9(8)15(19)20/h5-7H,1-4H3,(H,17,18). The van der Waals surface area contributed by atoms with E-state index in [4.69, 9.17) is 9.84 Å². The lowest BCUT2D eigenvalue weighted by atomic mass is 10.1. The number of nitro groups is 1. The van der Waals surface area contributed by atoms with E-state index in [0.29, 0.717) is 4.90 Å². The molecule has 120 valence electrons. The number of nitrogens with zero attached hydrogens (tertiary/aromatic N) is 2. The maximum absolute atomic E-state index is 12.4. The minimum Gasteiger partial charge on any atom is -0.495 e. The van der Waals surface area contributed by atoms with E-state index in [-0.39, 0.29) is 11.3 Å². The van der Waals surface area contributed by atoms with E-state index < -0.39 is 28.5 Å². The van der Waals surface area contributed by atoms with Gasteiger partial charge in [0.05, 0.1) is 23.0 Å². The number of hydrogen-bond donors (Lipinski definition) is 1. The summed E-state index contributed by atoms with van der Waals surface area (Å²) in [5, 5.41) is 20.1. The van der Waals surface area contributed by atoms with E-state index in [9.17, 15) is 19.7 Å². The van der Waals surface area contributed by atoms with E-state index in [1.54, 1.807) is 6.26 Å². The number of rotatable bonds is 6. The minimum atomic E-state index is -1.20. The highest BCUT2D eigenvalue weighted by Gasteiger charge is 2.29. The van der Waals surface area contributed by atoms with Gasteiger partial charge in [-0.05, 0) is 19.2 Å². The number of hydrogen-bond acceptors (Lipinski definition) is 6. The minimum absolute atomic E-state index is 0.175.